The van der Waals surface area contributed by atoms with Gasteiger partial charge in [0.25, 0.3) is 0 Å². The van der Waals surface area contributed by atoms with Crippen LogP contribution in [0.5, 0.6) is 0 Å². The molecule has 1 N–H and O–H groups in total. The van der Waals surface area contributed by atoms with Crippen LogP contribution in [0.2, 0.25) is 0 Å². The van der Waals surface area contributed by atoms with Gasteiger partial charge in [0, 0.05) is 12.1 Å². The largest absolute Gasteiger partial charge is 0.314 e. The highest BCUT2D eigenvalue weighted by Crippen LogP contribution is 2.28. The molecular formula is C17H25F2N. The molecule has 1 aromatic carbocycles. The highest BCUT2D eigenvalue weighted by atomic mass is 19.1. The molecule has 0 bridgehead atoms. The lowest BCUT2D eigenvalue weighted by molar-refractivity contribution is 0.297. The normalized spacial score (nSPS) is 18.1. The first kappa shape index (κ1) is 15.4. The molecule has 1 saturated carbocycles. The fourth-order valence-electron chi connectivity index (χ4n) is 3.31. The highest BCUT2D eigenvalue weighted by Gasteiger charge is 2.19. The number of nitrogens with one attached hydrogen (secondary N) is 1. The van der Waals surface area contributed by atoms with Crippen LogP contribution in [0.25, 0.3) is 0 Å². The minimum absolute atomic E-state index is 0.295. The van der Waals surface area contributed by atoms with Gasteiger partial charge in [-0.15, -0.1) is 0 Å². The standard InChI is InChI=1S/C17H25F2N/c1-2-20-16(10-13-6-4-3-5-7-13)11-14-8-9-15(18)12-17(14)19/h8-9,12-13,16,20H,2-7,10-11H2,1H3. The smallest absolute Gasteiger partial charge is 0.129 e. The molecule has 0 saturated heterocycles. The maximum absolute atomic E-state index is 13.8. The van der Waals surface area contributed by atoms with Crippen LogP contribution in [0, 0.1) is 17.6 Å². The lowest BCUT2D eigenvalue weighted by Gasteiger charge is -2.27. The Morgan fingerprint density at radius 2 is 1.95 bits per heavy atom. The van der Waals surface area contributed by atoms with Crippen molar-refractivity contribution in [2.75, 3.05) is 6.54 Å². The number of halogens is 2. The van der Waals surface area contributed by atoms with E-state index >= 15 is 0 Å². The topological polar surface area (TPSA) is 12.0 Å². The zero-order chi connectivity index (χ0) is 14.4. The Morgan fingerprint density at radius 3 is 2.60 bits per heavy atom. The van der Waals surface area contributed by atoms with Gasteiger partial charge >= 0.3 is 0 Å². The highest BCUT2D eigenvalue weighted by molar-refractivity contribution is 5.19. The maximum atomic E-state index is 13.8. The molecule has 1 aliphatic rings. The molecule has 1 aliphatic carbocycles. The third-order valence-corrected chi connectivity index (χ3v) is 4.32. The summed E-state index contributed by atoms with van der Waals surface area (Å²) in [5, 5.41) is 3.46. The van der Waals surface area contributed by atoms with Gasteiger partial charge < -0.3 is 5.32 Å². The summed E-state index contributed by atoms with van der Waals surface area (Å²) in [5.74, 6) is -0.161. The van der Waals surface area contributed by atoms with Crippen LogP contribution >= 0.6 is 0 Å². The first-order valence-corrected chi connectivity index (χ1v) is 7.86. The molecule has 0 amide bonds. The van der Waals surface area contributed by atoms with Crippen molar-refractivity contribution in [1.82, 2.24) is 5.32 Å². The summed E-state index contributed by atoms with van der Waals surface area (Å²) in [6.45, 7) is 2.97. The molecular weight excluding hydrogens is 256 g/mol. The summed E-state index contributed by atoms with van der Waals surface area (Å²) in [5.41, 5.74) is 0.619. The number of hydrogen-bond acceptors (Lipinski definition) is 1. The quantitative estimate of drug-likeness (QED) is 0.812. The summed E-state index contributed by atoms with van der Waals surface area (Å²) in [4.78, 5) is 0. The molecule has 0 heterocycles. The molecule has 0 aliphatic heterocycles. The van der Waals surface area contributed by atoms with Crippen LogP contribution < -0.4 is 5.32 Å². The summed E-state index contributed by atoms with van der Waals surface area (Å²) >= 11 is 0. The van der Waals surface area contributed by atoms with Gasteiger partial charge in [-0.3, -0.25) is 0 Å². The molecule has 112 valence electrons. The Balaban J connectivity index is 1.96. The summed E-state index contributed by atoms with van der Waals surface area (Å²) in [7, 11) is 0. The van der Waals surface area contributed by atoms with E-state index in [4.69, 9.17) is 0 Å². The second-order valence-electron chi connectivity index (χ2n) is 5.93. The van der Waals surface area contributed by atoms with Crippen molar-refractivity contribution < 1.29 is 8.78 Å². The van der Waals surface area contributed by atoms with E-state index in [0.717, 1.165) is 24.9 Å². The first-order valence-electron chi connectivity index (χ1n) is 7.86. The molecule has 0 aromatic heterocycles. The molecule has 1 unspecified atom stereocenters. The van der Waals surface area contributed by atoms with Crippen molar-refractivity contribution in [3.05, 3.63) is 35.4 Å². The third kappa shape index (κ3) is 4.55. The van der Waals surface area contributed by atoms with Gasteiger partial charge in [0.15, 0.2) is 0 Å². The zero-order valence-corrected chi connectivity index (χ0v) is 12.3. The van der Waals surface area contributed by atoms with Crippen LogP contribution in [0.1, 0.15) is 51.0 Å². The van der Waals surface area contributed by atoms with Crippen LogP contribution in [0.15, 0.2) is 18.2 Å². The van der Waals surface area contributed by atoms with Gasteiger partial charge in [0.2, 0.25) is 0 Å². The van der Waals surface area contributed by atoms with Crippen LogP contribution in [0.3, 0.4) is 0 Å². The number of likely N-dealkylation sites (N-methyl/N-ethyl adjacent to an activating group) is 1. The molecule has 1 atom stereocenters. The van der Waals surface area contributed by atoms with E-state index < -0.39 is 11.6 Å². The summed E-state index contributed by atoms with van der Waals surface area (Å²) in [6, 6.07) is 4.21. The monoisotopic (exact) mass is 281 g/mol. The molecule has 1 aromatic rings. The lowest BCUT2D eigenvalue weighted by Crippen LogP contribution is -2.33. The Hall–Kier alpha value is -0.960. The predicted molar refractivity (Wildman–Crippen MR) is 78.7 cm³/mol. The molecule has 0 spiro atoms. The fourth-order valence-corrected chi connectivity index (χ4v) is 3.31. The third-order valence-electron chi connectivity index (χ3n) is 4.32. The summed E-state index contributed by atoms with van der Waals surface area (Å²) < 4.78 is 26.7. The second kappa shape index (κ2) is 7.72. The van der Waals surface area contributed by atoms with E-state index in [2.05, 4.69) is 12.2 Å². The van der Waals surface area contributed by atoms with Crippen molar-refractivity contribution in [2.45, 2.75) is 57.9 Å². The lowest BCUT2D eigenvalue weighted by atomic mass is 9.83. The van der Waals surface area contributed by atoms with Crippen molar-refractivity contribution in [3.8, 4) is 0 Å². The van der Waals surface area contributed by atoms with Gasteiger partial charge in [-0.25, -0.2) is 8.78 Å². The van der Waals surface area contributed by atoms with Crippen molar-refractivity contribution in [2.24, 2.45) is 5.92 Å². The van der Waals surface area contributed by atoms with Gasteiger partial charge in [-0.2, -0.15) is 0 Å². The number of rotatable bonds is 6. The van der Waals surface area contributed by atoms with Crippen LogP contribution in [-0.2, 0) is 6.42 Å². The first-order chi connectivity index (χ1) is 9.69. The van der Waals surface area contributed by atoms with E-state index in [9.17, 15) is 8.78 Å². The van der Waals surface area contributed by atoms with Crippen molar-refractivity contribution >= 4 is 0 Å². The predicted octanol–water partition coefficient (Wildman–Crippen LogP) is 4.46. The Labute approximate surface area is 120 Å². The summed E-state index contributed by atoms with van der Waals surface area (Å²) in [6.07, 6.45) is 8.36. The molecule has 2 rings (SSSR count). The van der Waals surface area contributed by atoms with E-state index in [-0.39, 0.29) is 0 Å². The fraction of sp³-hybridized carbons (Fsp3) is 0.647. The van der Waals surface area contributed by atoms with E-state index in [1.165, 1.54) is 38.2 Å². The molecule has 1 fully saturated rings. The van der Waals surface area contributed by atoms with E-state index in [1.807, 2.05) is 0 Å². The SMILES string of the molecule is CCNC(Cc1ccc(F)cc1F)CC1CCCCC1. The Bertz CT molecular complexity index is 413. The van der Waals surface area contributed by atoms with Crippen molar-refractivity contribution in [3.63, 3.8) is 0 Å². The minimum Gasteiger partial charge on any atom is -0.314 e. The van der Waals surface area contributed by atoms with Crippen molar-refractivity contribution in [1.29, 1.82) is 0 Å². The molecule has 20 heavy (non-hydrogen) atoms. The molecule has 1 nitrogen and oxygen atoms in total. The minimum atomic E-state index is -0.501. The van der Waals surface area contributed by atoms with Crippen LogP contribution in [0.4, 0.5) is 8.78 Å². The Kier molecular flexibility index (Phi) is 5.96. The van der Waals surface area contributed by atoms with Gasteiger partial charge in [-0.1, -0.05) is 45.1 Å². The average molecular weight is 281 g/mol. The second-order valence-corrected chi connectivity index (χ2v) is 5.93. The maximum Gasteiger partial charge on any atom is 0.129 e. The Morgan fingerprint density at radius 1 is 1.20 bits per heavy atom. The molecule has 3 heteroatoms. The van der Waals surface area contributed by atoms with Gasteiger partial charge in [0.1, 0.15) is 11.6 Å². The average Bonchev–Trinajstić information content (AvgIpc) is 2.43. The number of benzene rings is 1. The van der Waals surface area contributed by atoms with E-state index in [0.29, 0.717) is 18.0 Å². The van der Waals surface area contributed by atoms with E-state index in [1.54, 1.807) is 6.07 Å². The molecule has 0 radical (unpaired) electrons. The van der Waals surface area contributed by atoms with Gasteiger partial charge in [-0.05, 0) is 36.9 Å². The number of hydrogen-bond donors (Lipinski definition) is 1. The van der Waals surface area contributed by atoms with Crippen LogP contribution in [-0.4, -0.2) is 12.6 Å². The zero-order valence-electron chi connectivity index (χ0n) is 12.3. The van der Waals surface area contributed by atoms with Gasteiger partial charge in [0.05, 0.1) is 0 Å².